The Balaban J connectivity index is 0.00000264. The quantitative estimate of drug-likeness (QED) is 0.659. The predicted octanol–water partition coefficient (Wildman–Crippen LogP) is 1.63. The molecule has 0 bridgehead atoms. The number of hydrogen-bond donors (Lipinski definition) is 3. The van der Waals surface area contributed by atoms with Crippen LogP contribution in [0, 0.1) is 5.82 Å². The predicted molar refractivity (Wildman–Crippen MR) is 89.2 cm³/mol. The van der Waals surface area contributed by atoms with Crippen molar-refractivity contribution in [3.05, 3.63) is 35.6 Å². The molecule has 1 aliphatic heterocycles. The van der Waals surface area contributed by atoms with E-state index in [1.807, 2.05) is 0 Å². The fourth-order valence-corrected chi connectivity index (χ4v) is 2.48. The summed E-state index contributed by atoms with van der Waals surface area (Å²) in [5, 5.41) is 8.82. The Morgan fingerprint density at radius 2 is 2.04 bits per heavy atom. The van der Waals surface area contributed by atoms with Crippen LogP contribution in [0.25, 0.3) is 0 Å². The first-order valence-electron chi connectivity index (χ1n) is 7.69. The highest BCUT2D eigenvalue weighted by Gasteiger charge is 2.17. The third kappa shape index (κ3) is 6.97. The molecule has 1 aromatic carbocycles. The highest BCUT2D eigenvalue weighted by atomic mass is 35.5. The van der Waals surface area contributed by atoms with Crippen LogP contribution in [0.3, 0.4) is 0 Å². The number of benzene rings is 1. The van der Waals surface area contributed by atoms with Gasteiger partial charge in [-0.1, -0.05) is 6.07 Å². The van der Waals surface area contributed by atoms with E-state index in [0.717, 1.165) is 19.4 Å². The van der Waals surface area contributed by atoms with Gasteiger partial charge in [0.15, 0.2) is 0 Å². The number of hydrogen-bond acceptors (Lipinski definition) is 3. The molecule has 1 aliphatic rings. The Labute approximate surface area is 141 Å². The summed E-state index contributed by atoms with van der Waals surface area (Å²) in [6.45, 7) is 1.95. The molecule has 1 unspecified atom stereocenters. The molecule has 7 heteroatoms. The van der Waals surface area contributed by atoms with Crippen LogP contribution in [0.5, 0.6) is 0 Å². The third-order valence-electron chi connectivity index (χ3n) is 3.64. The summed E-state index contributed by atoms with van der Waals surface area (Å²) in [5.74, 6) is -0.697. The minimum atomic E-state index is -0.430. The van der Waals surface area contributed by atoms with Crippen LogP contribution < -0.4 is 16.0 Å². The summed E-state index contributed by atoms with van der Waals surface area (Å²) < 4.78 is 13.0. The second kappa shape index (κ2) is 10.2. The zero-order valence-electron chi connectivity index (χ0n) is 12.9. The van der Waals surface area contributed by atoms with Crippen molar-refractivity contribution < 1.29 is 14.0 Å². The fourth-order valence-electron chi connectivity index (χ4n) is 2.48. The molecule has 1 fully saturated rings. The molecule has 3 N–H and O–H groups in total. The van der Waals surface area contributed by atoms with Gasteiger partial charge in [-0.05, 0) is 44.0 Å². The van der Waals surface area contributed by atoms with Gasteiger partial charge in [0.1, 0.15) is 5.82 Å². The Hall–Kier alpha value is -1.66. The summed E-state index contributed by atoms with van der Waals surface area (Å²) in [4.78, 5) is 23.4. The molecule has 23 heavy (non-hydrogen) atoms. The minimum absolute atomic E-state index is 0. The summed E-state index contributed by atoms with van der Waals surface area (Å²) in [7, 11) is 0. The van der Waals surface area contributed by atoms with Crippen LogP contribution in [-0.2, 0) is 4.79 Å². The molecule has 0 aromatic heterocycles. The van der Waals surface area contributed by atoms with Gasteiger partial charge in [-0.15, -0.1) is 12.4 Å². The average Bonchev–Trinajstić information content (AvgIpc) is 2.99. The molecule has 1 saturated heterocycles. The lowest BCUT2D eigenvalue weighted by Gasteiger charge is -2.10. The van der Waals surface area contributed by atoms with Crippen molar-refractivity contribution in [3.63, 3.8) is 0 Å². The standard InChI is InChI=1S/C16H22FN3O2.ClH/c17-13-5-1-4-12(10-13)16(22)20-9-3-8-19-15(21)11-14-6-2-7-18-14;/h1,4-5,10,14,18H,2-3,6-9,11H2,(H,19,21)(H,20,22);1H. The van der Waals surface area contributed by atoms with Gasteiger partial charge in [0.05, 0.1) is 0 Å². The van der Waals surface area contributed by atoms with E-state index in [9.17, 15) is 14.0 Å². The van der Waals surface area contributed by atoms with E-state index in [4.69, 9.17) is 0 Å². The van der Waals surface area contributed by atoms with E-state index in [0.29, 0.717) is 37.5 Å². The largest absolute Gasteiger partial charge is 0.356 e. The van der Waals surface area contributed by atoms with Crippen LogP contribution in [0.15, 0.2) is 24.3 Å². The molecule has 2 amide bonds. The van der Waals surface area contributed by atoms with E-state index in [2.05, 4.69) is 16.0 Å². The first kappa shape index (κ1) is 19.4. The summed E-state index contributed by atoms with van der Waals surface area (Å²) in [6.07, 6.45) is 3.34. The average molecular weight is 344 g/mol. The Bertz CT molecular complexity index is 522. The maximum Gasteiger partial charge on any atom is 0.251 e. The van der Waals surface area contributed by atoms with E-state index < -0.39 is 5.82 Å². The topological polar surface area (TPSA) is 70.2 Å². The van der Waals surface area contributed by atoms with E-state index in [1.165, 1.54) is 18.2 Å². The van der Waals surface area contributed by atoms with Crippen LogP contribution in [0.4, 0.5) is 4.39 Å². The van der Waals surface area contributed by atoms with Crippen LogP contribution >= 0.6 is 12.4 Å². The molecule has 0 aliphatic carbocycles. The van der Waals surface area contributed by atoms with Crippen LogP contribution in [0.1, 0.15) is 36.0 Å². The smallest absolute Gasteiger partial charge is 0.251 e. The molecule has 0 spiro atoms. The van der Waals surface area contributed by atoms with Crippen molar-refractivity contribution in [2.75, 3.05) is 19.6 Å². The molecule has 1 heterocycles. The molecule has 0 saturated carbocycles. The van der Waals surface area contributed by atoms with Gasteiger partial charge in [0.2, 0.25) is 5.91 Å². The van der Waals surface area contributed by atoms with Crippen molar-refractivity contribution in [1.82, 2.24) is 16.0 Å². The third-order valence-corrected chi connectivity index (χ3v) is 3.64. The van der Waals surface area contributed by atoms with E-state index in [1.54, 1.807) is 6.07 Å². The van der Waals surface area contributed by atoms with Crippen molar-refractivity contribution in [2.45, 2.75) is 31.7 Å². The molecule has 1 atom stereocenters. The van der Waals surface area contributed by atoms with Crippen LogP contribution in [-0.4, -0.2) is 37.5 Å². The zero-order valence-corrected chi connectivity index (χ0v) is 13.8. The maximum atomic E-state index is 13.0. The highest BCUT2D eigenvalue weighted by molar-refractivity contribution is 5.94. The summed E-state index contributed by atoms with van der Waals surface area (Å²) >= 11 is 0. The van der Waals surface area contributed by atoms with Gasteiger partial charge in [-0.3, -0.25) is 9.59 Å². The Kier molecular flexibility index (Phi) is 8.58. The van der Waals surface area contributed by atoms with Gasteiger partial charge in [-0.25, -0.2) is 4.39 Å². The van der Waals surface area contributed by atoms with Crippen molar-refractivity contribution in [2.24, 2.45) is 0 Å². The SMILES string of the molecule is Cl.O=C(CC1CCCN1)NCCCNC(=O)c1cccc(F)c1. The molecule has 5 nitrogen and oxygen atoms in total. The lowest BCUT2D eigenvalue weighted by molar-refractivity contribution is -0.121. The lowest BCUT2D eigenvalue weighted by Crippen LogP contribution is -2.33. The highest BCUT2D eigenvalue weighted by Crippen LogP contribution is 2.08. The normalized spacial score (nSPS) is 16.5. The molecular formula is C16H23ClFN3O2. The first-order chi connectivity index (χ1) is 10.6. The number of carbonyl (C=O) groups is 2. The number of halogens is 2. The van der Waals surface area contributed by atoms with Gasteiger partial charge in [-0.2, -0.15) is 0 Å². The zero-order chi connectivity index (χ0) is 15.8. The second-order valence-electron chi connectivity index (χ2n) is 5.47. The number of nitrogens with one attached hydrogen (secondary N) is 3. The number of amides is 2. The number of rotatable bonds is 7. The maximum absolute atomic E-state index is 13.0. The molecular weight excluding hydrogens is 321 g/mol. The molecule has 0 radical (unpaired) electrons. The Morgan fingerprint density at radius 1 is 1.26 bits per heavy atom. The van der Waals surface area contributed by atoms with E-state index in [-0.39, 0.29) is 24.2 Å². The number of carbonyl (C=O) groups excluding carboxylic acids is 2. The Morgan fingerprint density at radius 3 is 2.74 bits per heavy atom. The summed E-state index contributed by atoms with van der Waals surface area (Å²) in [5.41, 5.74) is 0.302. The monoisotopic (exact) mass is 343 g/mol. The summed E-state index contributed by atoms with van der Waals surface area (Å²) in [6, 6.07) is 5.86. The van der Waals surface area contributed by atoms with Gasteiger partial charge >= 0.3 is 0 Å². The molecule has 2 rings (SSSR count). The van der Waals surface area contributed by atoms with Crippen molar-refractivity contribution in [1.29, 1.82) is 0 Å². The van der Waals surface area contributed by atoms with Gasteiger partial charge in [0.25, 0.3) is 5.91 Å². The molecule has 128 valence electrons. The van der Waals surface area contributed by atoms with Gasteiger partial charge in [0, 0.05) is 31.1 Å². The van der Waals surface area contributed by atoms with Crippen molar-refractivity contribution >= 4 is 24.2 Å². The van der Waals surface area contributed by atoms with Gasteiger partial charge < -0.3 is 16.0 Å². The second-order valence-corrected chi connectivity index (χ2v) is 5.47. The minimum Gasteiger partial charge on any atom is -0.356 e. The van der Waals surface area contributed by atoms with E-state index >= 15 is 0 Å². The first-order valence-corrected chi connectivity index (χ1v) is 7.69. The van der Waals surface area contributed by atoms with Crippen molar-refractivity contribution in [3.8, 4) is 0 Å². The van der Waals surface area contributed by atoms with Crippen LogP contribution in [0.2, 0.25) is 0 Å². The lowest BCUT2D eigenvalue weighted by atomic mass is 10.1. The molecule has 1 aromatic rings. The fraction of sp³-hybridized carbons (Fsp3) is 0.500.